The van der Waals surface area contributed by atoms with E-state index in [0.29, 0.717) is 11.6 Å². The van der Waals surface area contributed by atoms with Gasteiger partial charge in [0.25, 0.3) is 0 Å². The van der Waals surface area contributed by atoms with Gasteiger partial charge in [0, 0.05) is 12.0 Å². The summed E-state index contributed by atoms with van der Waals surface area (Å²) in [5.74, 6) is 1.33. The third-order valence-corrected chi connectivity index (χ3v) is 3.23. The van der Waals surface area contributed by atoms with Gasteiger partial charge in [-0.1, -0.05) is 0 Å². The molecule has 0 aromatic carbocycles. The van der Waals surface area contributed by atoms with E-state index in [9.17, 15) is 0 Å². The molecule has 1 aromatic heterocycles. The fourth-order valence-electron chi connectivity index (χ4n) is 2.22. The van der Waals surface area contributed by atoms with E-state index in [1.807, 2.05) is 6.07 Å². The molecule has 0 amide bonds. The first-order chi connectivity index (χ1) is 7.70. The summed E-state index contributed by atoms with van der Waals surface area (Å²) in [4.78, 5) is 6.78. The Morgan fingerprint density at radius 1 is 1.44 bits per heavy atom. The van der Waals surface area contributed by atoms with Gasteiger partial charge < -0.3 is 15.4 Å². The van der Waals surface area contributed by atoms with Gasteiger partial charge in [0.1, 0.15) is 5.75 Å². The average molecular weight is 221 g/mol. The van der Waals surface area contributed by atoms with Crippen molar-refractivity contribution in [1.29, 1.82) is 0 Å². The fourth-order valence-corrected chi connectivity index (χ4v) is 2.22. The first-order valence-electron chi connectivity index (χ1n) is 5.68. The molecule has 0 spiro atoms. The number of nitrogen functional groups attached to an aromatic ring is 1. The molecule has 2 heterocycles. The summed E-state index contributed by atoms with van der Waals surface area (Å²) < 4.78 is 5.35. The second-order valence-corrected chi connectivity index (χ2v) is 4.43. The zero-order valence-electron chi connectivity index (χ0n) is 9.94. The van der Waals surface area contributed by atoms with Gasteiger partial charge in [-0.15, -0.1) is 0 Å². The predicted octanol–water partition coefficient (Wildman–Crippen LogP) is 1.48. The number of ether oxygens (including phenoxy) is 1. The fraction of sp³-hybridized carbons (Fsp3) is 0.583. The van der Waals surface area contributed by atoms with E-state index in [1.54, 1.807) is 13.3 Å². The van der Waals surface area contributed by atoms with Crippen LogP contribution in [0.4, 0.5) is 5.69 Å². The van der Waals surface area contributed by atoms with Gasteiger partial charge in [0.2, 0.25) is 0 Å². The maximum Gasteiger partial charge on any atom is 0.142 e. The summed E-state index contributed by atoms with van der Waals surface area (Å²) >= 11 is 0. The number of anilines is 1. The summed E-state index contributed by atoms with van der Waals surface area (Å²) in [7, 11) is 3.83. The average Bonchev–Trinajstić information content (AvgIpc) is 2.30. The zero-order chi connectivity index (χ0) is 11.5. The minimum absolute atomic E-state index is 0.506. The molecule has 0 aliphatic carbocycles. The van der Waals surface area contributed by atoms with Crippen molar-refractivity contribution in [3.63, 3.8) is 0 Å². The molecule has 1 aromatic rings. The van der Waals surface area contributed by atoms with Crippen LogP contribution in [-0.2, 0) is 0 Å². The highest BCUT2D eigenvalue weighted by Gasteiger charge is 2.22. The van der Waals surface area contributed by atoms with E-state index < -0.39 is 0 Å². The minimum Gasteiger partial charge on any atom is -0.495 e. The lowest BCUT2D eigenvalue weighted by Crippen LogP contribution is -2.29. The highest BCUT2D eigenvalue weighted by atomic mass is 16.5. The van der Waals surface area contributed by atoms with Crippen LogP contribution in [0.3, 0.4) is 0 Å². The van der Waals surface area contributed by atoms with E-state index >= 15 is 0 Å². The lowest BCUT2D eigenvalue weighted by Gasteiger charge is -2.29. The van der Waals surface area contributed by atoms with Crippen molar-refractivity contribution in [3.05, 3.63) is 18.0 Å². The third kappa shape index (κ3) is 2.27. The maximum atomic E-state index is 5.70. The van der Waals surface area contributed by atoms with Crippen LogP contribution in [0.25, 0.3) is 0 Å². The van der Waals surface area contributed by atoms with Crippen molar-refractivity contribution in [2.75, 3.05) is 33.0 Å². The van der Waals surface area contributed by atoms with Crippen molar-refractivity contribution >= 4 is 5.69 Å². The number of hydrogen-bond donors (Lipinski definition) is 1. The molecule has 0 atom stereocenters. The Bertz CT molecular complexity index is 359. The number of hydrogen-bond acceptors (Lipinski definition) is 4. The molecule has 4 heteroatoms. The molecule has 4 nitrogen and oxygen atoms in total. The van der Waals surface area contributed by atoms with Gasteiger partial charge >= 0.3 is 0 Å². The molecule has 1 aliphatic rings. The number of rotatable bonds is 2. The second-order valence-electron chi connectivity index (χ2n) is 4.43. The monoisotopic (exact) mass is 221 g/mol. The van der Waals surface area contributed by atoms with Crippen molar-refractivity contribution in [3.8, 4) is 5.75 Å². The van der Waals surface area contributed by atoms with E-state index in [1.165, 1.54) is 0 Å². The lowest BCUT2D eigenvalue weighted by molar-refractivity contribution is 0.250. The van der Waals surface area contributed by atoms with Gasteiger partial charge in [-0.05, 0) is 33.0 Å². The molecule has 1 aliphatic heterocycles. The smallest absolute Gasteiger partial charge is 0.142 e. The molecule has 0 radical (unpaired) electrons. The Kier molecular flexibility index (Phi) is 3.29. The Hall–Kier alpha value is -1.29. The Labute approximate surface area is 96.4 Å². The molecule has 1 fully saturated rings. The Morgan fingerprint density at radius 3 is 2.75 bits per heavy atom. The van der Waals surface area contributed by atoms with Gasteiger partial charge in [-0.25, -0.2) is 0 Å². The van der Waals surface area contributed by atoms with Crippen LogP contribution in [0.15, 0.2) is 12.3 Å². The van der Waals surface area contributed by atoms with E-state index in [0.717, 1.165) is 37.4 Å². The number of nitrogens with two attached hydrogens (primary N) is 1. The second kappa shape index (κ2) is 4.70. The summed E-state index contributed by atoms with van der Waals surface area (Å²) in [6.45, 7) is 2.25. The SMILES string of the molecule is COc1cc(N)cnc1C1CCN(C)CC1. The van der Waals surface area contributed by atoms with Crippen molar-refractivity contribution < 1.29 is 4.74 Å². The van der Waals surface area contributed by atoms with Crippen molar-refractivity contribution in [2.24, 2.45) is 0 Å². The van der Waals surface area contributed by atoms with Crippen LogP contribution < -0.4 is 10.5 Å². The summed E-state index contributed by atoms with van der Waals surface area (Å²) in [6, 6.07) is 1.86. The van der Waals surface area contributed by atoms with Crippen LogP contribution >= 0.6 is 0 Å². The number of nitrogens with zero attached hydrogens (tertiary/aromatic N) is 2. The third-order valence-electron chi connectivity index (χ3n) is 3.23. The molecule has 88 valence electrons. The quantitative estimate of drug-likeness (QED) is 0.822. The molecular weight excluding hydrogens is 202 g/mol. The first-order valence-corrected chi connectivity index (χ1v) is 5.68. The Morgan fingerprint density at radius 2 is 2.12 bits per heavy atom. The number of methoxy groups -OCH3 is 1. The van der Waals surface area contributed by atoms with Crippen molar-refractivity contribution in [1.82, 2.24) is 9.88 Å². The van der Waals surface area contributed by atoms with Crippen molar-refractivity contribution in [2.45, 2.75) is 18.8 Å². The van der Waals surface area contributed by atoms with Gasteiger partial charge in [-0.2, -0.15) is 0 Å². The van der Waals surface area contributed by atoms with Gasteiger partial charge in [0.15, 0.2) is 0 Å². The molecule has 2 rings (SSSR count). The highest BCUT2D eigenvalue weighted by molar-refractivity contribution is 5.45. The van der Waals surface area contributed by atoms with Crippen LogP contribution in [0.5, 0.6) is 5.75 Å². The Balaban J connectivity index is 2.19. The van der Waals surface area contributed by atoms with E-state index in [2.05, 4.69) is 16.9 Å². The predicted molar refractivity (Wildman–Crippen MR) is 64.7 cm³/mol. The maximum absolute atomic E-state index is 5.70. The number of pyridine rings is 1. The molecule has 1 saturated heterocycles. The zero-order valence-corrected chi connectivity index (χ0v) is 9.94. The standard InChI is InChI=1S/C12H19N3O/c1-15-5-3-9(4-6-15)12-11(16-2)7-10(13)8-14-12/h7-9H,3-6,13H2,1-2H3. The molecule has 0 saturated carbocycles. The molecule has 2 N–H and O–H groups in total. The highest BCUT2D eigenvalue weighted by Crippen LogP contribution is 2.32. The topological polar surface area (TPSA) is 51.4 Å². The van der Waals surface area contributed by atoms with Crippen LogP contribution in [-0.4, -0.2) is 37.1 Å². The molecular formula is C12H19N3O. The number of aromatic nitrogens is 1. The van der Waals surface area contributed by atoms with Crippen LogP contribution in [0.2, 0.25) is 0 Å². The van der Waals surface area contributed by atoms with Crippen LogP contribution in [0, 0.1) is 0 Å². The van der Waals surface area contributed by atoms with Gasteiger partial charge in [0.05, 0.1) is 24.7 Å². The van der Waals surface area contributed by atoms with E-state index in [-0.39, 0.29) is 0 Å². The van der Waals surface area contributed by atoms with Gasteiger partial charge in [-0.3, -0.25) is 4.98 Å². The number of likely N-dealkylation sites (tertiary alicyclic amines) is 1. The number of piperidine rings is 1. The lowest BCUT2D eigenvalue weighted by atomic mass is 9.92. The first kappa shape index (κ1) is 11.2. The molecule has 16 heavy (non-hydrogen) atoms. The summed E-state index contributed by atoms with van der Waals surface area (Å²) in [6.07, 6.45) is 4.00. The summed E-state index contributed by atoms with van der Waals surface area (Å²) in [5, 5.41) is 0. The van der Waals surface area contributed by atoms with Crippen LogP contribution in [0.1, 0.15) is 24.5 Å². The minimum atomic E-state index is 0.506. The molecule has 0 bridgehead atoms. The summed E-state index contributed by atoms with van der Waals surface area (Å²) in [5.41, 5.74) is 7.42. The van der Waals surface area contributed by atoms with E-state index in [4.69, 9.17) is 10.5 Å². The normalized spacial score (nSPS) is 18.6. The molecule has 0 unspecified atom stereocenters. The largest absolute Gasteiger partial charge is 0.495 e.